The molecule has 0 aliphatic rings. The number of aryl methyl sites for hydroxylation is 1. The third-order valence-corrected chi connectivity index (χ3v) is 2.93. The molecule has 3 rings (SSSR count). The van der Waals surface area contributed by atoms with Crippen LogP contribution in [0.4, 0.5) is 5.69 Å². The van der Waals surface area contributed by atoms with Crippen LogP contribution in [0.1, 0.15) is 6.42 Å². The largest absolute Gasteiger partial charge is 0.326 e. The van der Waals surface area contributed by atoms with E-state index >= 15 is 0 Å². The van der Waals surface area contributed by atoms with Crippen LogP contribution >= 0.6 is 0 Å². The SMILES string of the molecule is O=C(CCn1cccn1)Nc1ccc2[nH]c(=O)[nH]c2c1. The fraction of sp³-hybridized carbons (Fsp3) is 0.154. The number of H-pyrrole nitrogens is 2. The van der Waals surface area contributed by atoms with Gasteiger partial charge in [0.2, 0.25) is 5.91 Å². The number of nitrogens with zero attached hydrogens (tertiary/aromatic N) is 2. The molecule has 7 nitrogen and oxygen atoms in total. The molecular formula is C13H13N5O2. The van der Waals surface area contributed by atoms with Crippen molar-refractivity contribution in [1.29, 1.82) is 0 Å². The van der Waals surface area contributed by atoms with Gasteiger partial charge in [0.25, 0.3) is 0 Å². The van der Waals surface area contributed by atoms with Gasteiger partial charge < -0.3 is 15.3 Å². The van der Waals surface area contributed by atoms with Gasteiger partial charge in [0, 0.05) is 31.0 Å². The number of benzene rings is 1. The van der Waals surface area contributed by atoms with Gasteiger partial charge in [-0.2, -0.15) is 5.10 Å². The highest BCUT2D eigenvalue weighted by atomic mass is 16.1. The molecule has 7 heteroatoms. The highest BCUT2D eigenvalue weighted by molar-refractivity contribution is 5.92. The summed E-state index contributed by atoms with van der Waals surface area (Å²) in [6.07, 6.45) is 3.82. The van der Waals surface area contributed by atoms with Crippen LogP contribution in [0.15, 0.2) is 41.5 Å². The number of aromatic nitrogens is 4. The minimum atomic E-state index is -0.262. The van der Waals surface area contributed by atoms with Gasteiger partial charge in [0.05, 0.1) is 11.0 Å². The van der Waals surface area contributed by atoms with E-state index in [4.69, 9.17) is 0 Å². The summed E-state index contributed by atoms with van der Waals surface area (Å²) in [4.78, 5) is 28.3. The Labute approximate surface area is 113 Å². The fourth-order valence-corrected chi connectivity index (χ4v) is 1.98. The molecule has 1 amide bonds. The van der Waals surface area contributed by atoms with Crippen LogP contribution in [0.3, 0.4) is 0 Å². The van der Waals surface area contributed by atoms with Gasteiger partial charge in [0.1, 0.15) is 0 Å². The number of anilines is 1. The van der Waals surface area contributed by atoms with E-state index < -0.39 is 0 Å². The summed E-state index contributed by atoms with van der Waals surface area (Å²) >= 11 is 0. The van der Waals surface area contributed by atoms with E-state index in [0.717, 1.165) is 0 Å². The number of fused-ring (bicyclic) bond motifs is 1. The smallest absolute Gasteiger partial charge is 0.323 e. The van der Waals surface area contributed by atoms with Gasteiger partial charge in [-0.15, -0.1) is 0 Å². The Bertz CT molecular complexity index is 785. The number of aromatic amines is 2. The molecule has 0 bridgehead atoms. The zero-order valence-corrected chi connectivity index (χ0v) is 10.6. The summed E-state index contributed by atoms with van der Waals surface area (Å²) in [7, 11) is 0. The molecule has 0 saturated heterocycles. The Morgan fingerprint density at radius 2 is 2.15 bits per heavy atom. The lowest BCUT2D eigenvalue weighted by Crippen LogP contribution is -2.14. The second kappa shape index (κ2) is 5.04. The van der Waals surface area contributed by atoms with Gasteiger partial charge in [-0.25, -0.2) is 4.79 Å². The molecule has 0 unspecified atom stereocenters. The molecule has 0 saturated carbocycles. The Hall–Kier alpha value is -2.83. The summed E-state index contributed by atoms with van der Waals surface area (Å²) in [6.45, 7) is 0.530. The molecule has 20 heavy (non-hydrogen) atoms. The van der Waals surface area contributed by atoms with Crippen molar-refractivity contribution in [2.75, 3.05) is 5.32 Å². The van der Waals surface area contributed by atoms with Crippen LogP contribution in [0.25, 0.3) is 11.0 Å². The zero-order valence-electron chi connectivity index (χ0n) is 10.6. The Morgan fingerprint density at radius 1 is 1.30 bits per heavy atom. The quantitative estimate of drug-likeness (QED) is 0.662. The maximum atomic E-state index is 11.8. The third-order valence-electron chi connectivity index (χ3n) is 2.93. The molecule has 0 aliphatic carbocycles. The second-order valence-electron chi connectivity index (χ2n) is 4.41. The van der Waals surface area contributed by atoms with Gasteiger partial charge in [0.15, 0.2) is 0 Å². The second-order valence-corrected chi connectivity index (χ2v) is 4.41. The first-order chi connectivity index (χ1) is 9.70. The Kier molecular flexibility index (Phi) is 3.08. The fourth-order valence-electron chi connectivity index (χ4n) is 1.98. The Morgan fingerprint density at radius 3 is 2.95 bits per heavy atom. The van der Waals surface area contributed by atoms with Gasteiger partial charge in [-0.1, -0.05) is 0 Å². The highest BCUT2D eigenvalue weighted by Crippen LogP contribution is 2.14. The van der Waals surface area contributed by atoms with Crippen LogP contribution in [-0.2, 0) is 11.3 Å². The summed E-state index contributed by atoms with van der Waals surface area (Å²) in [5.74, 6) is -0.0993. The van der Waals surface area contributed by atoms with E-state index in [0.29, 0.717) is 29.7 Å². The lowest BCUT2D eigenvalue weighted by molar-refractivity contribution is -0.116. The van der Waals surface area contributed by atoms with Crippen LogP contribution in [0.2, 0.25) is 0 Å². The van der Waals surface area contributed by atoms with Crippen LogP contribution in [0, 0.1) is 0 Å². The molecule has 2 heterocycles. The third kappa shape index (κ3) is 2.61. The van der Waals surface area contributed by atoms with Crippen molar-refractivity contribution in [3.63, 3.8) is 0 Å². The predicted molar refractivity (Wildman–Crippen MR) is 74.4 cm³/mol. The number of amides is 1. The van der Waals surface area contributed by atoms with E-state index in [1.165, 1.54) is 0 Å². The van der Waals surface area contributed by atoms with E-state index in [1.807, 2.05) is 12.3 Å². The molecule has 3 aromatic rings. The van der Waals surface area contributed by atoms with Crippen molar-refractivity contribution < 1.29 is 4.79 Å². The number of imidazole rings is 1. The molecule has 0 spiro atoms. The average molecular weight is 271 g/mol. The van der Waals surface area contributed by atoms with E-state index in [1.54, 1.807) is 29.1 Å². The lowest BCUT2D eigenvalue weighted by Gasteiger charge is -2.05. The van der Waals surface area contributed by atoms with E-state index in [2.05, 4.69) is 20.4 Å². The van der Waals surface area contributed by atoms with E-state index in [-0.39, 0.29) is 11.6 Å². The van der Waals surface area contributed by atoms with Crippen LogP contribution in [-0.4, -0.2) is 25.7 Å². The maximum absolute atomic E-state index is 11.8. The van der Waals surface area contributed by atoms with Gasteiger partial charge >= 0.3 is 5.69 Å². The molecule has 0 radical (unpaired) electrons. The number of rotatable bonds is 4. The first-order valence-electron chi connectivity index (χ1n) is 6.20. The maximum Gasteiger partial charge on any atom is 0.323 e. The summed E-state index contributed by atoms with van der Waals surface area (Å²) in [6, 6.07) is 7.03. The van der Waals surface area contributed by atoms with Gasteiger partial charge in [-0.3, -0.25) is 9.48 Å². The summed E-state index contributed by atoms with van der Waals surface area (Å²) in [5.41, 5.74) is 1.77. The standard InChI is InChI=1S/C13H13N5O2/c19-12(4-7-18-6-1-5-14-18)15-9-2-3-10-11(8-9)17-13(20)16-10/h1-3,5-6,8H,4,7H2,(H,15,19)(H2,16,17,20). The average Bonchev–Trinajstić information content (AvgIpc) is 3.04. The summed E-state index contributed by atoms with van der Waals surface area (Å²) < 4.78 is 1.70. The Balaban J connectivity index is 1.66. The molecule has 2 aromatic heterocycles. The number of hydrogen-bond donors (Lipinski definition) is 3. The lowest BCUT2D eigenvalue weighted by atomic mass is 10.2. The van der Waals surface area contributed by atoms with Crippen LogP contribution in [0.5, 0.6) is 0 Å². The van der Waals surface area contributed by atoms with Crippen molar-refractivity contribution in [2.24, 2.45) is 0 Å². The number of nitrogens with one attached hydrogen (secondary N) is 3. The predicted octanol–water partition coefficient (Wildman–Crippen LogP) is 1.08. The van der Waals surface area contributed by atoms with Crippen molar-refractivity contribution in [3.8, 4) is 0 Å². The minimum Gasteiger partial charge on any atom is -0.326 e. The van der Waals surface area contributed by atoms with Crippen molar-refractivity contribution >= 4 is 22.6 Å². The van der Waals surface area contributed by atoms with Crippen LogP contribution < -0.4 is 11.0 Å². The molecule has 0 fully saturated rings. The molecule has 3 N–H and O–H groups in total. The number of hydrogen-bond acceptors (Lipinski definition) is 3. The topological polar surface area (TPSA) is 95.6 Å². The van der Waals surface area contributed by atoms with E-state index in [9.17, 15) is 9.59 Å². The van der Waals surface area contributed by atoms with Crippen molar-refractivity contribution in [3.05, 3.63) is 47.1 Å². The summed E-state index contributed by atoms with van der Waals surface area (Å²) in [5, 5.41) is 6.82. The first kappa shape index (κ1) is 12.2. The highest BCUT2D eigenvalue weighted by Gasteiger charge is 2.05. The van der Waals surface area contributed by atoms with Crippen molar-refractivity contribution in [1.82, 2.24) is 19.7 Å². The normalized spacial score (nSPS) is 10.8. The van der Waals surface area contributed by atoms with Crippen molar-refractivity contribution in [2.45, 2.75) is 13.0 Å². The molecule has 0 atom stereocenters. The molecular weight excluding hydrogens is 258 g/mol. The monoisotopic (exact) mass is 271 g/mol. The molecule has 102 valence electrons. The minimum absolute atomic E-state index is 0.0993. The zero-order chi connectivity index (χ0) is 13.9. The number of carbonyl (C=O) groups is 1. The first-order valence-corrected chi connectivity index (χ1v) is 6.20. The number of carbonyl (C=O) groups excluding carboxylic acids is 1. The molecule has 0 aliphatic heterocycles. The molecule has 1 aromatic carbocycles. The van der Waals surface area contributed by atoms with Gasteiger partial charge in [-0.05, 0) is 24.3 Å².